The van der Waals surface area contributed by atoms with Crippen molar-refractivity contribution in [1.82, 2.24) is 9.88 Å². The number of ether oxygens (including phenoxy) is 2. The summed E-state index contributed by atoms with van der Waals surface area (Å²) < 4.78 is 13.0. The average molecular weight is 372 g/mol. The van der Waals surface area contributed by atoms with Gasteiger partial charge in [0.25, 0.3) is 5.91 Å². The van der Waals surface area contributed by atoms with Gasteiger partial charge in [-0.3, -0.25) is 4.79 Å². The standard InChI is InChI=1S/C20H24N2O3S/c1-4-22-16(13-15-9-11-26-20(15)22)19(23)21-10-8-14-6-7-17(25-5-2)18(12-14)24-3/h6-7,9,11-13H,4-5,8,10H2,1-3H3,(H,21,23). The van der Waals surface area contributed by atoms with Crippen molar-refractivity contribution in [1.29, 1.82) is 0 Å². The van der Waals surface area contributed by atoms with E-state index in [2.05, 4.69) is 28.3 Å². The maximum Gasteiger partial charge on any atom is 0.267 e. The summed E-state index contributed by atoms with van der Waals surface area (Å²) in [5.41, 5.74) is 1.82. The number of aryl methyl sites for hydroxylation is 1. The third-order valence-electron chi connectivity index (χ3n) is 4.28. The van der Waals surface area contributed by atoms with E-state index in [0.29, 0.717) is 13.2 Å². The topological polar surface area (TPSA) is 52.5 Å². The second kappa shape index (κ2) is 8.27. The monoisotopic (exact) mass is 372 g/mol. The van der Waals surface area contributed by atoms with Gasteiger partial charge < -0.3 is 19.4 Å². The van der Waals surface area contributed by atoms with E-state index in [1.165, 1.54) is 0 Å². The van der Waals surface area contributed by atoms with Crippen LogP contribution >= 0.6 is 11.3 Å². The predicted octanol–water partition coefficient (Wildman–Crippen LogP) is 4.10. The largest absolute Gasteiger partial charge is 0.493 e. The van der Waals surface area contributed by atoms with Crippen LogP contribution in [0.3, 0.4) is 0 Å². The Hall–Kier alpha value is -2.47. The molecule has 0 atom stereocenters. The number of nitrogens with zero attached hydrogens (tertiary/aromatic N) is 1. The van der Waals surface area contributed by atoms with Crippen LogP contribution in [-0.2, 0) is 13.0 Å². The van der Waals surface area contributed by atoms with Gasteiger partial charge in [0.1, 0.15) is 10.5 Å². The molecule has 0 saturated heterocycles. The van der Waals surface area contributed by atoms with Crippen LogP contribution in [0.1, 0.15) is 29.9 Å². The first-order chi connectivity index (χ1) is 12.7. The van der Waals surface area contributed by atoms with Gasteiger partial charge in [-0.15, -0.1) is 11.3 Å². The number of benzene rings is 1. The van der Waals surface area contributed by atoms with Gasteiger partial charge in [-0.1, -0.05) is 6.07 Å². The minimum Gasteiger partial charge on any atom is -0.493 e. The van der Waals surface area contributed by atoms with Crippen molar-refractivity contribution in [2.24, 2.45) is 0 Å². The third kappa shape index (κ3) is 3.70. The second-order valence-corrected chi connectivity index (χ2v) is 6.77. The zero-order valence-electron chi connectivity index (χ0n) is 15.4. The van der Waals surface area contributed by atoms with Crippen molar-refractivity contribution in [2.75, 3.05) is 20.3 Å². The Labute approximate surface area is 157 Å². The second-order valence-electron chi connectivity index (χ2n) is 5.88. The summed E-state index contributed by atoms with van der Waals surface area (Å²) in [6, 6.07) is 9.89. The van der Waals surface area contributed by atoms with Gasteiger partial charge in [-0.25, -0.2) is 0 Å². The molecule has 0 aliphatic rings. The molecule has 1 amide bonds. The number of carbonyl (C=O) groups excluding carboxylic acids is 1. The Morgan fingerprint density at radius 3 is 2.77 bits per heavy atom. The van der Waals surface area contributed by atoms with Crippen LogP contribution in [0, 0.1) is 0 Å². The maximum absolute atomic E-state index is 12.6. The highest BCUT2D eigenvalue weighted by Crippen LogP contribution is 2.28. The van der Waals surface area contributed by atoms with Crippen LogP contribution in [0.4, 0.5) is 0 Å². The van der Waals surface area contributed by atoms with Gasteiger partial charge in [0.05, 0.1) is 13.7 Å². The molecule has 3 rings (SSSR count). The highest BCUT2D eigenvalue weighted by molar-refractivity contribution is 7.16. The lowest BCUT2D eigenvalue weighted by Crippen LogP contribution is -2.27. The maximum atomic E-state index is 12.6. The van der Waals surface area contributed by atoms with E-state index in [1.54, 1.807) is 18.4 Å². The molecule has 0 unspecified atom stereocenters. The first kappa shape index (κ1) is 18.3. The lowest BCUT2D eigenvalue weighted by Gasteiger charge is -2.12. The number of hydrogen-bond acceptors (Lipinski definition) is 4. The molecular weight excluding hydrogens is 348 g/mol. The Morgan fingerprint density at radius 1 is 1.19 bits per heavy atom. The molecule has 0 saturated carbocycles. The summed E-state index contributed by atoms with van der Waals surface area (Å²) in [6.45, 7) is 5.95. The highest BCUT2D eigenvalue weighted by Gasteiger charge is 2.15. The zero-order valence-corrected chi connectivity index (χ0v) is 16.2. The Morgan fingerprint density at radius 2 is 2.04 bits per heavy atom. The fourth-order valence-electron chi connectivity index (χ4n) is 3.03. The van der Waals surface area contributed by atoms with Gasteiger partial charge in [0.15, 0.2) is 11.5 Å². The number of carbonyl (C=O) groups is 1. The van der Waals surface area contributed by atoms with Crippen molar-refractivity contribution in [3.63, 3.8) is 0 Å². The molecule has 138 valence electrons. The molecule has 5 nitrogen and oxygen atoms in total. The van der Waals surface area contributed by atoms with E-state index in [4.69, 9.17) is 9.47 Å². The van der Waals surface area contributed by atoms with E-state index in [1.807, 2.05) is 31.2 Å². The number of nitrogens with one attached hydrogen (secondary N) is 1. The number of fused-ring (bicyclic) bond motifs is 1. The summed E-state index contributed by atoms with van der Waals surface area (Å²) >= 11 is 1.66. The molecule has 0 bridgehead atoms. The van der Waals surface area contributed by atoms with E-state index in [0.717, 1.165) is 45.9 Å². The zero-order chi connectivity index (χ0) is 18.5. The molecule has 0 aliphatic carbocycles. The number of methoxy groups -OCH3 is 1. The molecule has 0 fully saturated rings. The van der Waals surface area contributed by atoms with Crippen LogP contribution in [0.25, 0.3) is 10.2 Å². The van der Waals surface area contributed by atoms with Crippen LogP contribution in [0.15, 0.2) is 35.7 Å². The number of thiophene rings is 1. The normalized spacial score (nSPS) is 10.9. The van der Waals surface area contributed by atoms with E-state index in [-0.39, 0.29) is 5.91 Å². The molecule has 2 heterocycles. The van der Waals surface area contributed by atoms with E-state index >= 15 is 0 Å². The predicted molar refractivity (Wildman–Crippen MR) is 106 cm³/mol. The minimum absolute atomic E-state index is 0.0341. The van der Waals surface area contributed by atoms with Crippen LogP contribution in [-0.4, -0.2) is 30.7 Å². The fourth-order valence-corrected chi connectivity index (χ4v) is 3.99. The molecule has 3 aromatic rings. The minimum atomic E-state index is -0.0341. The lowest BCUT2D eigenvalue weighted by atomic mass is 10.1. The Bertz CT molecular complexity index is 898. The van der Waals surface area contributed by atoms with Gasteiger partial charge >= 0.3 is 0 Å². The first-order valence-electron chi connectivity index (χ1n) is 8.82. The van der Waals surface area contributed by atoms with Gasteiger partial charge in [-0.05, 0) is 55.5 Å². The van der Waals surface area contributed by atoms with Crippen molar-refractivity contribution in [2.45, 2.75) is 26.8 Å². The molecular formula is C20H24N2O3S. The molecule has 0 spiro atoms. The number of hydrogen-bond donors (Lipinski definition) is 1. The molecule has 1 N–H and O–H groups in total. The van der Waals surface area contributed by atoms with Crippen molar-refractivity contribution >= 4 is 27.5 Å². The van der Waals surface area contributed by atoms with E-state index in [9.17, 15) is 4.79 Å². The smallest absolute Gasteiger partial charge is 0.267 e. The summed E-state index contributed by atoms with van der Waals surface area (Å²) in [5.74, 6) is 1.42. The van der Waals surface area contributed by atoms with Crippen molar-refractivity contribution in [3.8, 4) is 11.5 Å². The number of rotatable bonds is 8. The Balaban J connectivity index is 1.63. The van der Waals surface area contributed by atoms with Crippen molar-refractivity contribution < 1.29 is 14.3 Å². The van der Waals surface area contributed by atoms with Crippen LogP contribution in [0.5, 0.6) is 11.5 Å². The van der Waals surface area contributed by atoms with Crippen molar-refractivity contribution in [3.05, 3.63) is 47.0 Å². The van der Waals surface area contributed by atoms with Gasteiger partial charge in [-0.2, -0.15) is 0 Å². The van der Waals surface area contributed by atoms with Gasteiger partial charge in [0, 0.05) is 18.5 Å². The lowest BCUT2D eigenvalue weighted by molar-refractivity contribution is 0.0945. The summed E-state index contributed by atoms with van der Waals surface area (Å²) in [4.78, 5) is 13.7. The summed E-state index contributed by atoms with van der Waals surface area (Å²) in [7, 11) is 1.63. The SMILES string of the molecule is CCOc1ccc(CCNC(=O)c2cc3ccsc3n2CC)cc1OC. The first-order valence-corrected chi connectivity index (χ1v) is 9.70. The molecule has 0 radical (unpaired) electrons. The number of amides is 1. The van der Waals surface area contributed by atoms with Crippen LogP contribution < -0.4 is 14.8 Å². The highest BCUT2D eigenvalue weighted by atomic mass is 32.1. The molecule has 0 aliphatic heterocycles. The van der Waals surface area contributed by atoms with Crippen LogP contribution in [0.2, 0.25) is 0 Å². The third-order valence-corrected chi connectivity index (χ3v) is 5.23. The average Bonchev–Trinajstić information content (AvgIpc) is 3.23. The van der Waals surface area contributed by atoms with Gasteiger partial charge in [0.2, 0.25) is 0 Å². The summed E-state index contributed by atoms with van der Waals surface area (Å²) in [6.07, 6.45) is 0.732. The van der Waals surface area contributed by atoms with E-state index < -0.39 is 0 Å². The quantitative estimate of drug-likeness (QED) is 0.648. The Kier molecular flexibility index (Phi) is 5.83. The molecule has 2 aromatic heterocycles. The fraction of sp³-hybridized carbons (Fsp3) is 0.350. The molecule has 6 heteroatoms. The number of aromatic nitrogens is 1. The summed E-state index contributed by atoms with van der Waals surface area (Å²) in [5, 5.41) is 6.20. The molecule has 26 heavy (non-hydrogen) atoms. The molecule has 1 aromatic carbocycles.